The number of nitrogens with zero attached hydrogens (tertiary/aromatic N) is 1. The van der Waals surface area contributed by atoms with E-state index in [1.807, 2.05) is 37.5 Å². The summed E-state index contributed by atoms with van der Waals surface area (Å²) in [6, 6.07) is 14.3. The normalized spacial score (nSPS) is 23.4. The van der Waals surface area contributed by atoms with Gasteiger partial charge in [-0.1, -0.05) is 24.3 Å². The van der Waals surface area contributed by atoms with Crippen molar-refractivity contribution in [1.29, 1.82) is 0 Å². The van der Waals surface area contributed by atoms with Crippen LogP contribution >= 0.6 is 0 Å². The fraction of sp³-hybridized carbons (Fsp3) is 0.222. The van der Waals surface area contributed by atoms with Gasteiger partial charge in [-0.15, -0.1) is 0 Å². The Morgan fingerprint density at radius 3 is 3.00 bits per heavy atom. The summed E-state index contributed by atoms with van der Waals surface area (Å²) in [6.07, 6.45) is 3.80. The molecule has 1 aliphatic carbocycles. The van der Waals surface area contributed by atoms with Gasteiger partial charge >= 0.3 is 0 Å². The molecule has 0 radical (unpaired) electrons. The molecule has 3 aromatic rings. The summed E-state index contributed by atoms with van der Waals surface area (Å²) in [6.45, 7) is 0. The number of hydrogen-bond acceptors (Lipinski definition) is 3. The highest BCUT2D eigenvalue weighted by atomic mass is 16.1. The number of carbonyl (C=O) groups is 1. The molecule has 1 aromatic heterocycles. The third-order valence-corrected chi connectivity index (χ3v) is 4.78. The minimum absolute atomic E-state index is 0.235. The second-order valence-corrected chi connectivity index (χ2v) is 5.93. The molecule has 2 unspecified atom stereocenters. The van der Waals surface area contributed by atoms with E-state index in [9.17, 15) is 4.79 Å². The Bertz CT molecular complexity index is 854. The Morgan fingerprint density at radius 2 is 2.18 bits per heavy atom. The Balaban J connectivity index is 1.77. The summed E-state index contributed by atoms with van der Waals surface area (Å²) in [5.41, 5.74) is 3.94. The molecule has 0 spiro atoms. The number of hydrogen-bond donors (Lipinski definition) is 2. The first-order valence-corrected chi connectivity index (χ1v) is 7.45. The zero-order valence-electron chi connectivity index (χ0n) is 12.3. The maximum Gasteiger partial charge on any atom is 0.131 e. The number of carbonyl (C=O) groups excluding carboxylic acids is 1. The highest BCUT2D eigenvalue weighted by Gasteiger charge is 2.57. The number of aldehydes is 1. The number of rotatable bonds is 4. The topological polar surface area (TPSA) is 57.8 Å². The van der Waals surface area contributed by atoms with Crippen LogP contribution in [0.3, 0.4) is 0 Å². The van der Waals surface area contributed by atoms with E-state index in [0.29, 0.717) is 0 Å². The van der Waals surface area contributed by atoms with Crippen LogP contribution in [0.25, 0.3) is 10.9 Å². The SMILES string of the molecule is CNc1ccccc1C1(C=O)CC1c1ccc2[nH]ncc2c1. The van der Waals surface area contributed by atoms with E-state index in [0.717, 1.165) is 34.9 Å². The summed E-state index contributed by atoms with van der Waals surface area (Å²) < 4.78 is 0. The standard InChI is InChI=1S/C18H17N3O/c1-19-17-5-3-2-4-14(17)18(11-22)9-15(18)12-6-7-16-13(8-12)10-20-21-16/h2-8,10-11,15,19H,9H2,1H3,(H,20,21). The molecule has 0 aliphatic heterocycles. The van der Waals surface area contributed by atoms with Crippen LogP contribution in [0.4, 0.5) is 5.69 Å². The van der Waals surface area contributed by atoms with Crippen LogP contribution < -0.4 is 5.32 Å². The zero-order valence-corrected chi connectivity index (χ0v) is 12.3. The van der Waals surface area contributed by atoms with E-state index in [4.69, 9.17) is 0 Å². The van der Waals surface area contributed by atoms with Gasteiger partial charge in [0.2, 0.25) is 0 Å². The molecule has 110 valence electrons. The number of fused-ring (bicyclic) bond motifs is 1. The monoisotopic (exact) mass is 291 g/mol. The van der Waals surface area contributed by atoms with E-state index in [1.54, 1.807) is 0 Å². The lowest BCUT2D eigenvalue weighted by atomic mass is 9.90. The van der Waals surface area contributed by atoms with Crippen molar-refractivity contribution in [2.24, 2.45) is 0 Å². The number of nitrogens with one attached hydrogen (secondary N) is 2. The van der Waals surface area contributed by atoms with Gasteiger partial charge in [-0.05, 0) is 35.7 Å². The Morgan fingerprint density at radius 1 is 1.32 bits per heavy atom. The number of aromatic nitrogens is 2. The molecule has 2 N–H and O–H groups in total. The summed E-state index contributed by atoms with van der Waals surface area (Å²) in [5.74, 6) is 0.235. The summed E-state index contributed by atoms with van der Waals surface area (Å²) >= 11 is 0. The average Bonchev–Trinajstić information content (AvgIpc) is 3.14. The van der Waals surface area contributed by atoms with E-state index in [-0.39, 0.29) is 5.92 Å². The molecule has 2 aromatic carbocycles. The Labute approximate surface area is 128 Å². The van der Waals surface area contributed by atoms with Crippen molar-refractivity contribution in [3.8, 4) is 0 Å². The molecular weight excluding hydrogens is 274 g/mol. The molecule has 0 bridgehead atoms. The number of benzene rings is 2. The Kier molecular flexibility index (Phi) is 2.79. The first-order valence-electron chi connectivity index (χ1n) is 7.45. The van der Waals surface area contributed by atoms with Crippen molar-refractivity contribution < 1.29 is 4.79 Å². The average molecular weight is 291 g/mol. The van der Waals surface area contributed by atoms with Gasteiger partial charge in [-0.25, -0.2) is 0 Å². The lowest BCUT2D eigenvalue weighted by Crippen LogP contribution is -2.13. The summed E-state index contributed by atoms with van der Waals surface area (Å²) in [5, 5.41) is 11.3. The maximum atomic E-state index is 11.9. The van der Waals surface area contributed by atoms with Crippen molar-refractivity contribution in [3.05, 3.63) is 59.8 Å². The van der Waals surface area contributed by atoms with E-state index in [1.165, 1.54) is 5.56 Å². The van der Waals surface area contributed by atoms with E-state index >= 15 is 0 Å². The molecule has 1 heterocycles. The number of aromatic amines is 1. The van der Waals surface area contributed by atoms with Crippen molar-refractivity contribution in [2.75, 3.05) is 12.4 Å². The van der Waals surface area contributed by atoms with E-state index in [2.05, 4.69) is 33.7 Å². The molecule has 2 atom stereocenters. The largest absolute Gasteiger partial charge is 0.388 e. The maximum absolute atomic E-state index is 11.9. The fourth-order valence-corrected chi connectivity index (χ4v) is 3.47. The van der Waals surface area contributed by atoms with Crippen LogP contribution in [0.2, 0.25) is 0 Å². The van der Waals surface area contributed by atoms with Crippen molar-refractivity contribution in [1.82, 2.24) is 10.2 Å². The van der Waals surface area contributed by atoms with Crippen molar-refractivity contribution >= 4 is 22.9 Å². The van der Waals surface area contributed by atoms with Crippen molar-refractivity contribution in [2.45, 2.75) is 17.8 Å². The fourth-order valence-electron chi connectivity index (χ4n) is 3.47. The first-order chi connectivity index (χ1) is 10.8. The van der Waals surface area contributed by atoms with Gasteiger partial charge < -0.3 is 10.1 Å². The second kappa shape index (κ2) is 4.70. The first kappa shape index (κ1) is 13.1. The molecule has 4 heteroatoms. The molecule has 1 aliphatic rings. The van der Waals surface area contributed by atoms with Crippen LogP contribution in [0.5, 0.6) is 0 Å². The molecule has 1 fully saturated rings. The van der Waals surface area contributed by atoms with Crippen LogP contribution in [0.1, 0.15) is 23.5 Å². The molecular formula is C18H17N3O. The highest BCUT2D eigenvalue weighted by Crippen LogP contribution is 2.60. The van der Waals surface area contributed by atoms with Gasteiger partial charge in [0.15, 0.2) is 0 Å². The van der Waals surface area contributed by atoms with Crippen LogP contribution in [-0.2, 0) is 10.2 Å². The third kappa shape index (κ3) is 1.77. The minimum atomic E-state index is -0.406. The van der Waals surface area contributed by atoms with Crippen molar-refractivity contribution in [3.63, 3.8) is 0 Å². The van der Waals surface area contributed by atoms with Crippen LogP contribution in [0, 0.1) is 0 Å². The lowest BCUT2D eigenvalue weighted by Gasteiger charge is -2.15. The van der Waals surface area contributed by atoms with Crippen LogP contribution in [0.15, 0.2) is 48.7 Å². The molecule has 0 amide bonds. The van der Waals surface area contributed by atoms with Gasteiger partial charge in [0.25, 0.3) is 0 Å². The van der Waals surface area contributed by atoms with E-state index < -0.39 is 5.41 Å². The predicted molar refractivity (Wildman–Crippen MR) is 87.2 cm³/mol. The highest BCUT2D eigenvalue weighted by molar-refractivity contribution is 5.83. The minimum Gasteiger partial charge on any atom is -0.388 e. The van der Waals surface area contributed by atoms with Gasteiger partial charge in [0, 0.05) is 24.0 Å². The molecule has 1 saturated carbocycles. The van der Waals surface area contributed by atoms with Gasteiger partial charge in [-0.3, -0.25) is 5.10 Å². The quantitative estimate of drug-likeness (QED) is 0.726. The lowest BCUT2D eigenvalue weighted by molar-refractivity contribution is -0.110. The Hall–Kier alpha value is -2.62. The van der Waals surface area contributed by atoms with Crippen LogP contribution in [-0.4, -0.2) is 23.5 Å². The second-order valence-electron chi connectivity index (χ2n) is 5.93. The zero-order chi connectivity index (χ0) is 15.2. The molecule has 4 nitrogen and oxygen atoms in total. The summed E-state index contributed by atoms with van der Waals surface area (Å²) in [7, 11) is 1.90. The summed E-state index contributed by atoms with van der Waals surface area (Å²) in [4.78, 5) is 11.9. The van der Waals surface area contributed by atoms with Gasteiger partial charge in [0.05, 0.1) is 17.1 Å². The molecule has 22 heavy (non-hydrogen) atoms. The molecule has 0 saturated heterocycles. The molecule has 4 rings (SSSR count). The number of para-hydroxylation sites is 1. The number of H-pyrrole nitrogens is 1. The van der Waals surface area contributed by atoms with Gasteiger partial charge in [0.1, 0.15) is 6.29 Å². The third-order valence-electron chi connectivity index (χ3n) is 4.78. The predicted octanol–water partition coefficient (Wildman–Crippen LogP) is 3.23. The smallest absolute Gasteiger partial charge is 0.131 e. The van der Waals surface area contributed by atoms with Gasteiger partial charge in [-0.2, -0.15) is 5.10 Å². The number of anilines is 1.